The monoisotopic (exact) mass is 223 g/mol. The molecule has 0 radical (unpaired) electrons. The van der Waals surface area contributed by atoms with Crippen molar-refractivity contribution in [2.45, 2.75) is 6.92 Å². The van der Waals surface area contributed by atoms with Gasteiger partial charge in [-0.3, -0.25) is 4.68 Å². The van der Waals surface area contributed by atoms with Crippen molar-refractivity contribution >= 4 is 17.3 Å². The van der Waals surface area contributed by atoms with Gasteiger partial charge in [-0.1, -0.05) is 0 Å². The molecule has 0 spiro atoms. The molecule has 2 rings (SSSR count). The van der Waals surface area contributed by atoms with E-state index in [4.69, 9.17) is 5.11 Å². The predicted molar refractivity (Wildman–Crippen MR) is 56.0 cm³/mol. The van der Waals surface area contributed by atoms with Gasteiger partial charge in [0.15, 0.2) is 0 Å². The van der Waals surface area contributed by atoms with Gasteiger partial charge in [-0.2, -0.15) is 5.10 Å². The minimum Gasteiger partial charge on any atom is -0.477 e. The maximum Gasteiger partial charge on any atom is 0.347 e. The third kappa shape index (κ3) is 1.75. The number of aromatic carboxylic acids is 1. The molecule has 5 nitrogen and oxygen atoms in total. The molecular weight excluding hydrogens is 214 g/mol. The quantitative estimate of drug-likeness (QED) is 0.838. The fraction of sp³-hybridized carbons (Fsp3) is 0.222. The standard InChI is InChI=1S/C9H9N3O2S/c1-5-7(9(13)14)15-8(10-5)6-3-4-12(2)11-6/h3-4H,1-2H3,(H,13,14). The lowest BCUT2D eigenvalue weighted by molar-refractivity contribution is 0.0701. The van der Waals surface area contributed by atoms with Crippen LogP contribution < -0.4 is 0 Å². The number of aromatic nitrogens is 3. The molecule has 0 aliphatic carbocycles. The number of aryl methyl sites for hydroxylation is 2. The number of carbonyl (C=O) groups is 1. The maximum atomic E-state index is 10.8. The van der Waals surface area contributed by atoms with Crippen LogP contribution in [-0.4, -0.2) is 25.8 Å². The molecule has 78 valence electrons. The van der Waals surface area contributed by atoms with Gasteiger partial charge in [-0.25, -0.2) is 9.78 Å². The highest BCUT2D eigenvalue weighted by molar-refractivity contribution is 7.16. The van der Waals surface area contributed by atoms with Crippen LogP contribution in [0.5, 0.6) is 0 Å². The first-order valence-corrected chi connectivity index (χ1v) is 5.10. The number of thiazole rings is 1. The first-order chi connectivity index (χ1) is 7.08. The van der Waals surface area contributed by atoms with Crippen molar-refractivity contribution in [3.05, 3.63) is 22.8 Å². The summed E-state index contributed by atoms with van der Waals surface area (Å²) in [5, 5.41) is 13.7. The Balaban J connectivity index is 2.46. The highest BCUT2D eigenvalue weighted by Gasteiger charge is 2.15. The smallest absolute Gasteiger partial charge is 0.347 e. The zero-order valence-corrected chi connectivity index (χ0v) is 9.08. The molecule has 0 bridgehead atoms. The van der Waals surface area contributed by atoms with Crippen LogP contribution in [0.2, 0.25) is 0 Å². The number of carboxylic acid groups (broad SMARTS) is 1. The average Bonchev–Trinajstić information content (AvgIpc) is 2.71. The van der Waals surface area contributed by atoms with Gasteiger partial charge in [0.05, 0.1) is 5.69 Å². The van der Waals surface area contributed by atoms with Gasteiger partial charge in [-0.15, -0.1) is 11.3 Å². The minimum absolute atomic E-state index is 0.274. The minimum atomic E-state index is -0.938. The third-order valence-corrected chi connectivity index (χ3v) is 3.09. The summed E-state index contributed by atoms with van der Waals surface area (Å²) in [5.74, 6) is -0.938. The summed E-state index contributed by atoms with van der Waals surface area (Å²) >= 11 is 1.15. The Hall–Kier alpha value is -1.69. The van der Waals surface area contributed by atoms with Gasteiger partial charge in [0.25, 0.3) is 0 Å². The van der Waals surface area contributed by atoms with Crippen LogP contribution in [0.1, 0.15) is 15.4 Å². The van der Waals surface area contributed by atoms with E-state index >= 15 is 0 Å². The van der Waals surface area contributed by atoms with Crippen LogP contribution in [0.15, 0.2) is 12.3 Å². The summed E-state index contributed by atoms with van der Waals surface area (Å²) in [7, 11) is 1.81. The van der Waals surface area contributed by atoms with E-state index in [0.717, 1.165) is 11.3 Å². The van der Waals surface area contributed by atoms with E-state index in [2.05, 4.69) is 10.1 Å². The predicted octanol–water partition coefficient (Wildman–Crippen LogP) is 1.55. The van der Waals surface area contributed by atoms with Crippen LogP contribution in [0.4, 0.5) is 0 Å². The summed E-state index contributed by atoms with van der Waals surface area (Å²) in [4.78, 5) is 15.3. The highest BCUT2D eigenvalue weighted by Crippen LogP contribution is 2.26. The van der Waals surface area contributed by atoms with Crippen molar-refractivity contribution < 1.29 is 9.90 Å². The van der Waals surface area contributed by atoms with Crippen molar-refractivity contribution in [2.24, 2.45) is 7.05 Å². The van der Waals surface area contributed by atoms with Gasteiger partial charge < -0.3 is 5.11 Å². The van der Waals surface area contributed by atoms with E-state index in [0.29, 0.717) is 16.4 Å². The summed E-state index contributed by atoms with van der Waals surface area (Å²) in [6.07, 6.45) is 1.80. The van der Waals surface area contributed by atoms with Gasteiger partial charge in [0.2, 0.25) is 0 Å². The fourth-order valence-electron chi connectivity index (χ4n) is 1.23. The largest absolute Gasteiger partial charge is 0.477 e. The molecule has 15 heavy (non-hydrogen) atoms. The molecule has 2 heterocycles. The molecule has 0 atom stereocenters. The van der Waals surface area contributed by atoms with E-state index in [1.165, 1.54) is 0 Å². The highest BCUT2D eigenvalue weighted by atomic mass is 32.1. The zero-order chi connectivity index (χ0) is 11.0. The maximum absolute atomic E-state index is 10.8. The number of hydrogen-bond donors (Lipinski definition) is 1. The Morgan fingerprint density at radius 3 is 2.80 bits per heavy atom. The van der Waals surface area contributed by atoms with E-state index in [1.54, 1.807) is 17.8 Å². The van der Waals surface area contributed by atoms with Crippen LogP contribution in [0.3, 0.4) is 0 Å². The second-order valence-electron chi connectivity index (χ2n) is 3.11. The Kier molecular flexibility index (Phi) is 2.28. The molecule has 0 aromatic carbocycles. The average molecular weight is 223 g/mol. The van der Waals surface area contributed by atoms with Crippen LogP contribution in [0.25, 0.3) is 10.7 Å². The van der Waals surface area contributed by atoms with E-state index in [1.807, 2.05) is 13.1 Å². The molecule has 1 N–H and O–H groups in total. The topological polar surface area (TPSA) is 68.0 Å². The lowest BCUT2D eigenvalue weighted by atomic mass is 10.4. The van der Waals surface area contributed by atoms with E-state index in [9.17, 15) is 4.79 Å². The van der Waals surface area contributed by atoms with Gasteiger partial charge in [-0.05, 0) is 13.0 Å². The Bertz CT molecular complexity index is 515. The van der Waals surface area contributed by atoms with E-state index < -0.39 is 5.97 Å². The van der Waals surface area contributed by atoms with Crippen LogP contribution in [0, 0.1) is 6.92 Å². The summed E-state index contributed by atoms with van der Waals surface area (Å²) in [5.41, 5.74) is 1.24. The lowest BCUT2D eigenvalue weighted by Gasteiger charge is -1.86. The Labute approximate surface area is 90.0 Å². The molecule has 2 aromatic rings. The molecular formula is C9H9N3O2S. The fourth-order valence-corrected chi connectivity index (χ4v) is 2.10. The normalized spacial score (nSPS) is 10.5. The summed E-state index contributed by atoms with van der Waals surface area (Å²) in [6, 6.07) is 1.81. The summed E-state index contributed by atoms with van der Waals surface area (Å²) < 4.78 is 1.66. The number of rotatable bonds is 2. The van der Waals surface area contributed by atoms with Crippen molar-refractivity contribution in [1.29, 1.82) is 0 Å². The van der Waals surface area contributed by atoms with Crippen LogP contribution in [-0.2, 0) is 7.05 Å². The van der Waals surface area contributed by atoms with Crippen molar-refractivity contribution in [2.75, 3.05) is 0 Å². The SMILES string of the molecule is Cc1nc(-c2ccn(C)n2)sc1C(=O)O. The molecule has 0 saturated carbocycles. The van der Waals surface area contributed by atoms with Crippen LogP contribution >= 0.6 is 11.3 Å². The number of nitrogens with zero attached hydrogens (tertiary/aromatic N) is 3. The number of carboxylic acids is 1. The molecule has 0 aliphatic rings. The van der Waals surface area contributed by atoms with Gasteiger partial charge >= 0.3 is 5.97 Å². The molecule has 0 fully saturated rings. The van der Waals surface area contributed by atoms with Crippen molar-refractivity contribution in [3.8, 4) is 10.7 Å². The van der Waals surface area contributed by atoms with Crippen molar-refractivity contribution in [3.63, 3.8) is 0 Å². The molecule has 0 aliphatic heterocycles. The molecule has 0 unspecified atom stereocenters. The number of hydrogen-bond acceptors (Lipinski definition) is 4. The molecule has 0 amide bonds. The molecule has 6 heteroatoms. The second-order valence-corrected chi connectivity index (χ2v) is 4.11. The Morgan fingerprint density at radius 1 is 1.60 bits per heavy atom. The summed E-state index contributed by atoms with van der Waals surface area (Å²) in [6.45, 7) is 1.69. The first kappa shape index (κ1) is 9.85. The van der Waals surface area contributed by atoms with Crippen molar-refractivity contribution in [1.82, 2.24) is 14.8 Å². The lowest BCUT2D eigenvalue weighted by Crippen LogP contribution is -1.94. The second kappa shape index (κ2) is 3.47. The van der Waals surface area contributed by atoms with Gasteiger partial charge in [0, 0.05) is 13.2 Å². The molecule has 2 aromatic heterocycles. The van der Waals surface area contributed by atoms with Gasteiger partial charge in [0.1, 0.15) is 15.6 Å². The third-order valence-electron chi connectivity index (χ3n) is 1.92. The molecule has 0 saturated heterocycles. The van der Waals surface area contributed by atoms with E-state index in [-0.39, 0.29) is 4.88 Å². The first-order valence-electron chi connectivity index (χ1n) is 4.28. The Morgan fingerprint density at radius 2 is 2.33 bits per heavy atom. The zero-order valence-electron chi connectivity index (χ0n) is 8.26.